The summed E-state index contributed by atoms with van der Waals surface area (Å²) in [6.07, 6.45) is 0. The predicted molar refractivity (Wildman–Crippen MR) is 54.4 cm³/mol. The third kappa shape index (κ3) is 1.80. The Morgan fingerprint density at radius 3 is 2.25 bits per heavy atom. The van der Waals surface area contributed by atoms with Crippen LogP contribution in [0.15, 0.2) is 18.2 Å². The van der Waals surface area contributed by atoms with Gasteiger partial charge in [-0.25, -0.2) is 0 Å². The first-order chi connectivity index (χ1) is 5.41. The second kappa shape index (κ2) is 2.83. The molecule has 0 fully saturated rings. The first kappa shape index (κ1) is 9.14. The summed E-state index contributed by atoms with van der Waals surface area (Å²) in [7, 11) is -2.26. The Hall–Kier alpha value is -0.950. The van der Waals surface area contributed by atoms with Crippen molar-refractivity contribution in [3.05, 3.63) is 18.2 Å². The molecule has 0 spiro atoms. The van der Waals surface area contributed by atoms with Gasteiger partial charge in [-0.15, -0.1) is 0 Å². The van der Waals surface area contributed by atoms with Crippen molar-refractivity contribution in [2.75, 3.05) is 24.8 Å². The highest BCUT2D eigenvalue weighted by atomic mass is 31.2. The first-order valence-electron chi connectivity index (χ1n) is 3.62. The van der Waals surface area contributed by atoms with E-state index in [-0.39, 0.29) is 0 Å². The standard InChI is InChI=1S/C8H13N2OP/c1-12(2,11)8-4-3-6(9)5-7(8)10/h3-5H,9-10H2,1-2H3. The first-order valence-corrected chi connectivity index (χ1v) is 6.22. The molecule has 3 nitrogen and oxygen atoms in total. The van der Waals surface area contributed by atoms with Gasteiger partial charge in [0.25, 0.3) is 0 Å². The van der Waals surface area contributed by atoms with Crippen molar-refractivity contribution >= 4 is 23.8 Å². The van der Waals surface area contributed by atoms with Crippen LogP contribution in [0.3, 0.4) is 0 Å². The molecule has 0 aromatic heterocycles. The summed E-state index contributed by atoms with van der Waals surface area (Å²) in [5, 5.41) is 0.705. The van der Waals surface area contributed by atoms with Crippen LogP contribution >= 0.6 is 7.14 Å². The molecule has 0 heterocycles. The molecule has 0 aliphatic rings. The summed E-state index contributed by atoms with van der Waals surface area (Å²) in [6.45, 7) is 3.38. The SMILES string of the molecule is CP(C)(=O)c1ccc(N)cc1N. The van der Waals surface area contributed by atoms with Crippen molar-refractivity contribution in [1.29, 1.82) is 0 Å². The average molecular weight is 184 g/mol. The quantitative estimate of drug-likeness (QED) is 0.507. The van der Waals surface area contributed by atoms with Crippen LogP contribution in [0.5, 0.6) is 0 Å². The molecule has 1 aromatic carbocycles. The van der Waals surface area contributed by atoms with Crippen LogP contribution in [0.4, 0.5) is 11.4 Å². The molecule has 4 N–H and O–H groups in total. The summed E-state index contributed by atoms with van der Waals surface area (Å²) < 4.78 is 11.6. The Morgan fingerprint density at radius 2 is 1.83 bits per heavy atom. The van der Waals surface area contributed by atoms with E-state index in [2.05, 4.69) is 0 Å². The van der Waals surface area contributed by atoms with Gasteiger partial charge in [0.2, 0.25) is 0 Å². The molecule has 12 heavy (non-hydrogen) atoms. The Bertz CT molecular complexity index is 343. The Balaban J connectivity index is 3.28. The minimum Gasteiger partial charge on any atom is -0.399 e. The highest BCUT2D eigenvalue weighted by Gasteiger charge is 2.13. The highest BCUT2D eigenvalue weighted by molar-refractivity contribution is 7.70. The van der Waals surface area contributed by atoms with Crippen molar-refractivity contribution in [2.24, 2.45) is 0 Å². The topological polar surface area (TPSA) is 69.1 Å². The lowest BCUT2D eigenvalue weighted by atomic mass is 10.3. The maximum Gasteiger partial charge on any atom is 0.111 e. The number of hydrogen-bond acceptors (Lipinski definition) is 3. The Kier molecular flexibility index (Phi) is 2.16. The summed E-state index contributed by atoms with van der Waals surface area (Å²) >= 11 is 0. The van der Waals surface area contributed by atoms with Gasteiger partial charge in [-0.3, -0.25) is 0 Å². The molecular weight excluding hydrogens is 171 g/mol. The van der Waals surface area contributed by atoms with Crippen molar-refractivity contribution in [3.8, 4) is 0 Å². The Morgan fingerprint density at radius 1 is 1.25 bits per heavy atom. The molecular formula is C8H13N2OP. The lowest BCUT2D eigenvalue weighted by Gasteiger charge is -2.10. The smallest absolute Gasteiger partial charge is 0.111 e. The van der Waals surface area contributed by atoms with E-state index in [1.54, 1.807) is 31.5 Å². The lowest BCUT2D eigenvalue weighted by Crippen LogP contribution is -2.09. The molecule has 1 rings (SSSR count). The maximum atomic E-state index is 11.6. The molecule has 0 aliphatic carbocycles. The van der Waals surface area contributed by atoms with Gasteiger partial charge in [0.1, 0.15) is 7.14 Å². The summed E-state index contributed by atoms with van der Waals surface area (Å²) in [6, 6.07) is 5.08. The fourth-order valence-corrected chi connectivity index (χ4v) is 2.18. The summed E-state index contributed by atoms with van der Waals surface area (Å²) in [5.41, 5.74) is 12.3. The van der Waals surface area contributed by atoms with Crippen LogP contribution in [0.1, 0.15) is 0 Å². The van der Waals surface area contributed by atoms with Gasteiger partial charge in [-0.2, -0.15) is 0 Å². The normalized spacial score (nSPS) is 11.5. The van der Waals surface area contributed by atoms with E-state index in [1.807, 2.05) is 0 Å². The van der Waals surface area contributed by atoms with Gasteiger partial charge in [-0.05, 0) is 31.5 Å². The largest absolute Gasteiger partial charge is 0.399 e. The minimum atomic E-state index is -2.26. The van der Waals surface area contributed by atoms with Crippen LogP contribution in [-0.2, 0) is 4.57 Å². The monoisotopic (exact) mass is 184 g/mol. The minimum absolute atomic E-state index is 0.517. The molecule has 0 unspecified atom stereocenters. The number of anilines is 2. The van der Waals surface area contributed by atoms with Crippen molar-refractivity contribution < 1.29 is 4.57 Å². The zero-order chi connectivity index (χ0) is 9.35. The molecule has 0 radical (unpaired) electrons. The van der Waals surface area contributed by atoms with Crippen LogP contribution in [0, 0.1) is 0 Å². The van der Waals surface area contributed by atoms with Crippen LogP contribution < -0.4 is 16.8 Å². The van der Waals surface area contributed by atoms with Gasteiger partial charge < -0.3 is 16.0 Å². The van der Waals surface area contributed by atoms with E-state index in [9.17, 15) is 4.57 Å². The molecule has 0 saturated heterocycles. The van der Waals surface area contributed by atoms with Gasteiger partial charge in [0.05, 0.1) is 0 Å². The fraction of sp³-hybridized carbons (Fsp3) is 0.250. The highest BCUT2D eigenvalue weighted by Crippen LogP contribution is 2.37. The van der Waals surface area contributed by atoms with E-state index >= 15 is 0 Å². The van der Waals surface area contributed by atoms with E-state index < -0.39 is 7.14 Å². The predicted octanol–water partition coefficient (Wildman–Crippen LogP) is 1.10. The van der Waals surface area contributed by atoms with Crippen LogP contribution in [0.2, 0.25) is 0 Å². The number of nitrogen functional groups attached to an aromatic ring is 2. The van der Waals surface area contributed by atoms with Crippen LogP contribution in [-0.4, -0.2) is 13.3 Å². The van der Waals surface area contributed by atoms with E-state index in [1.165, 1.54) is 0 Å². The Labute approximate surface area is 72.1 Å². The lowest BCUT2D eigenvalue weighted by molar-refractivity contribution is 0.588. The van der Waals surface area contributed by atoms with Gasteiger partial charge in [0.15, 0.2) is 0 Å². The third-order valence-corrected chi connectivity index (χ3v) is 3.20. The summed E-state index contributed by atoms with van der Waals surface area (Å²) in [5.74, 6) is 0. The molecule has 0 atom stereocenters. The molecule has 4 heteroatoms. The summed E-state index contributed by atoms with van der Waals surface area (Å²) in [4.78, 5) is 0. The van der Waals surface area contributed by atoms with Gasteiger partial charge in [-0.1, -0.05) is 0 Å². The third-order valence-electron chi connectivity index (χ3n) is 1.63. The maximum absolute atomic E-state index is 11.6. The number of hydrogen-bond donors (Lipinski definition) is 2. The second-order valence-electron chi connectivity index (χ2n) is 3.17. The van der Waals surface area contributed by atoms with Crippen molar-refractivity contribution in [3.63, 3.8) is 0 Å². The van der Waals surface area contributed by atoms with E-state index in [4.69, 9.17) is 11.5 Å². The van der Waals surface area contributed by atoms with Gasteiger partial charge in [0, 0.05) is 16.7 Å². The zero-order valence-electron chi connectivity index (χ0n) is 7.24. The zero-order valence-corrected chi connectivity index (χ0v) is 8.14. The molecule has 0 aliphatic heterocycles. The molecule has 1 aromatic rings. The molecule has 0 amide bonds. The fourth-order valence-electron chi connectivity index (χ4n) is 1.06. The van der Waals surface area contributed by atoms with Crippen molar-refractivity contribution in [1.82, 2.24) is 0 Å². The van der Waals surface area contributed by atoms with Crippen LogP contribution in [0.25, 0.3) is 0 Å². The van der Waals surface area contributed by atoms with E-state index in [0.29, 0.717) is 16.7 Å². The number of nitrogens with two attached hydrogens (primary N) is 2. The molecule has 66 valence electrons. The van der Waals surface area contributed by atoms with E-state index in [0.717, 1.165) is 0 Å². The van der Waals surface area contributed by atoms with Gasteiger partial charge >= 0.3 is 0 Å². The van der Waals surface area contributed by atoms with Crippen molar-refractivity contribution in [2.45, 2.75) is 0 Å². The number of benzene rings is 1. The number of rotatable bonds is 1. The average Bonchev–Trinajstić information content (AvgIpc) is 1.83. The molecule has 0 saturated carbocycles. The molecule has 0 bridgehead atoms. The second-order valence-corrected chi connectivity index (χ2v) is 6.35.